The maximum atomic E-state index is 12.8. The molecule has 2 aromatic rings. The molecule has 30 heavy (non-hydrogen) atoms. The summed E-state index contributed by atoms with van der Waals surface area (Å²) in [5, 5.41) is 3.21. The van der Waals surface area contributed by atoms with Crippen LogP contribution in [0.4, 0.5) is 0 Å². The van der Waals surface area contributed by atoms with Crippen molar-refractivity contribution in [3.8, 4) is 0 Å². The zero-order valence-electron chi connectivity index (χ0n) is 17.3. The molecule has 2 heterocycles. The summed E-state index contributed by atoms with van der Waals surface area (Å²) in [6, 6.07) is 14.5. The molecule has 1 aromatic heterocycles. The van der Waals surface area contributed by atoms with Crippen LogP contribution in [0.1, 0.15) is 72.5 Å². The quantitative estimate of drug-likeness (QED) is 0.845. The molecule has 0 radical (unpaired) electrons. The van der Waals surface area contributed by atoms with Crippen LogP contribution in [0.15, 0.2) is 48.7 Å². The molecule has 1 N–H and O–H groups in total. The van der Waals surface area contributed by atoms with Crippen LogP contribution in [0.3, 0.4) is 0 Å². The van der Waals surface area contributed by atoms with Crippen LogP contribution in [0.25, 0.3) is 0 Å². The summed E-state index contributed by atoms with van der Waals surface area (Å²) in [4.78, 5) is 31.6. The topological polar surface area (TPSA) is 62.3 Å². The Kier molecular flexibility index (Phi) is 5.05. The van der Waals surface area contributed by atoms with Gasteiger partial charge in [-0.3, -0.25) is 14.6 Å². The third-order valence-electron chi connectivity index (χ3n) is 7.40. The molecule has 1 saturated heterocycles. The van der Waals surface area contributed by atoms with Crippen molar-refractivity contribution in [3.63, 3.8) is 0 Å². The highest BCUT2D eigenvalue weighted by Crippen LogP contribution is 2.52. The van der Waals surface area contributed by atoms with Gasteiger partial charge in [0.05, 0.1) is 0 Å². The Morgan fingerprint density at radius 1 is 1.07 bits per heavy atom. The molecule has 1 saturated carbocycles. The molecule has 2 aliphatic carbocycles. The molecule has 2 amide bonds. The zero-order chi connectivity index (χ0) is 20.6. The van der Waals surface area contributed by atoms with E-state index >= 15 is 0 Å². The number of nitrogens with one attached hydrogen (secondary N) is 1. The number of nitrogens with zero attached hydrogens (tertiary/aromatic N) is 2. The number of pyridine rings is 1. The highest BCUT2D eigenvalue weighted by atomic mass is 16.2. The number of benzene rings is 1. The first-order valence-corrected chi connectivity index (χ1v) is 11.2. The first-order chi connectivity index (χ1) is 14.6. The minimum atomic E-state index is 0.0214. The Labute approximate surface area is 177 Å². The summed E-state index contributed by atoms with van der Waals surface area (Å²) < 4.78 is 0. The molecule has 2 fully saturated rings. The molecule has 5 rings (SSSR count). The van der Waals surface area contributed by atoms with Crippen molar-refractivity contribution in [3.05, 3.63) is 65.5 Å². The van der Waals surface area contributed by atoms with Gasteiger partial charge in [-0.2, -0.15) is 0 Å². The first kappa shape index (κ1) is 19.3. The minimum Gasteiger partial charge on any atom is -0.353 e. The fourth-order valence-corrected chi connectivity index (χ4v) is 5.54. The van der Waals surface area contributed by atoms with Gasteiger partial charge < -0.3 is 10.2 Å². The van der Waals surface area contributed by atoms with Gasteiger partial charge in [0, 0.05) is 31.7 Å². The number of aromatic nitrogens is 1. The number of likely N-dealkylation sites (tertiary alicyclic amines) is 1. The summed E-state index contributed by atoms with van der Waals surface area (Å²) in [6.45, 7) is 1.48. The molecule has 0 bridgehead atoms. The van der Waals surface area contributed by atoms with Crippen LogP contribution < -0.4 is 5.32 Å². The van der Waals surface area contributed by atoms with E-state index in [0.29, 0.717) is 18.2 Å². The van der Waals surface area contributed by atoms with E-state index in [1.54, 1.807) is 12.3 Å². The molecule has 1 atom stereocenters. The van der Waals surface area contributed by atoms with E-state index in [2.05, 4.69) is 34.6 Å². The summed E-state index contributed by atoms with van der Waals surface area (Å²) in [7, 11) is 0. The highest BCUT2D eigenvalue weighted by Gasteiger charge is 2.46. The molecule has 1 spiro atoms. The maximum absolute atomic E-state index is 12.8. The summed E-state index contributed by atoms with van der Waals surface area (Å²) in [5.41, 5.74) is 3.34. The average molecular weight is 404 g/mol. The maximum Gasteiger partial charge on any atom is 0.272 e. The molecular weight excluding hydrogens is 374 g/mol. The Hall–Kier alpha value is -2.69. The predicted molar refractivity (Wildman–Crippen MR) is 115 cm³/mol. The number of rotatable bonds is 4. The second kappa shape index (κ2) is 7.86. The Morgan fingerprint density at radius 3 is 2.53 bits per heavy atom. The van der Waals surface area contributed by atoms with Crippen molar-refractivity contribution >= 4 is 11.8 Å². The molecule has 5 nitrogen and oxygen atoms in total. The van der Waals surface area contributed by atoms with Crippen LogP contribution in [-0.2, 0) is 10.2 Å². The normalized spacial score (nSPS) is 22.4. The third-order valence-corrected chi connectivity index (χ3v) is 7.40. The van der Waals surface area contributed by atoms with E-state index in [4.69, 9.17) is 0 Å². The van der Waals surface area contributed by atoms with Crippen molar-refractivity contribution in [1.29, 1.82) is 0 Å². The van der Waals surface area contributed by atoms with Crippen molar-refractivity contribution in [2.45, 2.75) is 62.3 Å². The SMILES string of the molecule is O=C(C[C@@H]1CC2(CCN(C(=O)c3ccccn3)CC2)c2ccccc21)NC1CCC1. The van der Waals surface area contributed by atoms with Crippen LogP contribution >= 0.6 is 0 Å². The molecule has 1 aromatic carbocycles. The van der Waals surface area contributed by atoms with E-state index in [0.717, 1.165) is 45.2 Å². The standard InChI is InChI=1S/C25H29N3O2/c29-23(27-19-6-5-7-19)16-18-17-25(21-9-2-1-8-20(18)21)11-14-28(15-12-25)24(30)22-10-3-4-13-26-22/h1-4,8-10,13,18-19H,5-7,11-12,14-17H2,(H,27,29)/t18-/m1/s1. The summed E-state index contributed by atoms with van der Waals surface area (Å²) in [6.07, 6.45) is 8.63. The molecule has 0 unspecified atom stereocenters. The molecule has 1 aliphatic heterocycles. The second-order valence-electron chi connectivity index (χ2n) is 9.18. The van der Waals surface area contributed by atoms with Crippen molar-refractivity contribution in [1.82, 2.24) is 15.2 Å². The number of hydrogen-bond acceptors (Lipinski definition) is 3. The Bertz CT molecular complexity index is 930. The third kappa shape index (κ3) is 3.51. The van der Waals surface area contributed by atoms with Gasteiger partial charge in [0.1, 0.15) is 5.69 Å². The van der Waals surface area contributed by atoms with E-state index in [1.165, 1.54) is 17.5 Å². The number of amides is 2. The van der Waals surface area contributed by atoms with Crippen LogP contribution in [0.2, 0.25) is 0 Å². The Balaban J connectivity index is 1.29. The first-order valence-electron chi connectivity index (χ1n) is 11.2. The fourth-order valence-electron chi connectivity index (χ4n) is 5.54. The van der Waals surface area contributed by atoms with E-state index in [9.17, 15) is 9.59 Å². The number of hydrogen-bond donors (Lipinski definition) is 1. The molecule has 3 aliphatic rings. The van der Waals surface area contributed by atoms with Gasteiger partial charge in [0.25, 0.3) is 5.91 Å². The lowest BCUT2D eigenvalue weighted by molar-refractivity contribution is -0.122. The van der Waals surface area contributed by atoms with Gasteiger partial charge in [-0.25, -0.2) is 0 Å². The van der Waals surface area contributed by atoms with Gasteiger partial charge in [-0.05, 0) is 73.1 Å². The van der Waals surface area contributed by atoms with Crippen LogP contribution in [0, 0.1) is 0 Å². The van der Waals surface area contributed by atoms with Crippen LogP contribution in [-0.4, -0.2) is 40.8 Å². The van der Waals surface area contributed by atoms with Gasteiger partial charge >= 0.3 is 0 Å². The Morgan fingerprint density at radius 2 is 1.83 bits per heavy atom. The monoisotopic (exact) mass is 403 g/mol. The second-order valence-corrected chi connectivity index (χ2v) is 9.18. The lowest BCUT2D eigenvalue weighted by atomic mass is 9.73. The van der Waals surface area contributed by atoms with Crippen molar-refractivity contribution in [2.24, 2.45) is 0 Å². The minimum absolute atomic E-state index is 0.0214. The predicted octanol–water partition coefficient (Wildman–Crippen LogP) is 3.80. The van der Waals surface area contributed by atoms with Crippen molar-refractivity contribution in [2.75, 3.05) is 13.1 Å². The van der Waals surface area contributed by atoms with Crippen molar-refractivity contribution < 1.29 is 9.59 Å². The summed E-state index contributed by atoms with van der Waals surface area (Å²) in [5.74, 6) is 0.492. The number of piperidine rings is 1. The van der Waals surface area contributed by atoms with E-state index < -0.39 is 0 Å². The molecule has 156 valence electrons. The van der Waals surface area contributed by atoms with Gasteiger partial charge in [0.2, 0.25) is 5.91 Å². The highest BCUT2D eigenvalue weighted by molar-refractivity contribution is 5.92. The van der Waals surface area contributed by atoms with E-state index in [-0.39, 0.29) is 23.1 Å². The fraction of sp³-hybridized carbons (Fsp3) is 0.480. The molecule has 5 heteroatoms. The lowest BCUT2D eigenvalue weighted by Crippen LogP contribution is -2.44. The number of fused-ring (bicyclic) bond motifs is 2. The molecular formula is C25H29N3O2. The van der Waals surface area contributed by atoms with E-state index in [1.807, 2.05) is 17.0 Å². The summed E-state index contributed by atoms with van der Waals surface area (Å²) >= 11 is 0. The van der Waals surface area contributed by atoms with Gasteiger partial charge in [-0.1, -0.05) is 30.3 Å². The number of carbonyl (C=O) groups excluding carboxylic acids is 2. The number of carbonyl (C=O) groups is 2. The smallest absolute Gasteiger partial charge is 0.272 e. The zero-order valence-corrected chi connectivity index (χ0v) is 17.3. The largest absolute Gasteiger partial charge is 0.353 e. The van der Waals surface area contributed by atoms with Crippen LogP contribution in [0.5, 0.6) is 0 Å². The lowest BCUT2D eigenvalue weighted by Gasteiger charge is -2.40. The van der Waals surface area contributed by atoms with Gasteiger partial charge in [0.15, 0.2) is 0 Å². The van der Waals surface area contributed by atoms with Gasteiger partial charge in [-0.15, -0.1) is 0 Å². The average Bonchev–Trinajstić information content (AvgIpc) is 3.05.